The van der Waals surface area contributed by atoms with Crippen molar-refractivity contribution in [3.63, 3.8) is 0 Å². The normalized spacial score (nSPS) is 22.1. The van der Waals surface area contributed by atoms with Crippen molar-refractivity contribution in [1.29, 1.82) is 0 Å². The average Bonchev–Trinajstić information content (AvgIpc) is 2.52. The van der Waals surface area contributed by atoms with E-state index in [9.17, 15) is 4.79 Å². The number of benzene rings is 1. The molecule has 0 aliphatic heterocycles. The summed E-state index contributed by atoms with van der Waals surface area (Å²) >= 11 is 0. The number of carboxylic acids is 1. The van der Waals surface area contributed by atoms with Gasteiger partial charge in [-0.15, -0.1) is 0 Å². The lowest BCUT2D eigenvalue weighted by atomic mass is 9.93. The lowest BCUT2D eigenvalue weighted by Gasteiger charge is -2.29. The summed E-state index contributed by atoms with van der Waals surface area (Å²) in [6, 6.07) is 7.58. The van der Waals surface area contributed by atoms with Gasteiger partial charge in [-0.3, -0.25) is 0 Å². The van der Waals surface area contributed by atoms with E-state index in [1.54, 1.807) is 12.1 Å². The number of hydrogen-bond donors (Lipinski definition) is 2. The molecule has 0 radical (unpaired) electrons. The quantitative estimate of drug-likeness (QED) is 0.810. The molecule has 1 fully saturated rings. The molecule has 0 atom stereocenters. The Morgan fingerprint density at radius 1 is 1.24 bits per heavy atom. The van der Waals surface area contributed by atoms with E-state index in [4.69, 9.17) is 9.84 Å². The molecule has 2 rings (SSSR count). The van der Waals surface area contributed by atoms with Gasteiger partial charge in [0.15, 0.2) is 0 Å². The third-order valence-electron chi connectivity index (χ3n) is 4.04. The van der Waals surface area contributed by atoms with Gasteiger partial charge in [0.05, 0.1) is 18.3 Å². The molecule has 1 aromatic carbocycles. The van der Waals surface area contributed by atoms with E-state index in [0.29, 0.717) is 24.3 Å². The van der Waals surface area contributed by atoms with Gasteiger partial charge in [-0.1, -0.05) is 19.1 Å². The predicted molar refractivity (Wildman–Crippen MR) is 82.5 cm³/mol. The summed E-state index contributed by atoms with van der Waals surface area (Å²) in [5, 5.41) is 12.4. The standard InChI is InChI=1S/C17H25NO3/c1-2-11-18-15-7-9-16(10-8-15)21-12-13-3-5-14(6-4-13)17(19)20/h3-6,15-16,18H,2,7-12H2,1H3,(H,19,20). The third kappa shape index (κ3) is 5.14. The Kier molecular flexibility index (Phi) is 6.21. The zero-order valence-corrected chi connectivity index (χ0v) is 12.7. The van der Waals surface area contributed by atoms with Crippen LogP contribution in [0.5, 0.6) is 0 Å². The molecule has 0 amide bonds. The van der Waals surface area contributed by atoms with Crippen LogP contribution >= 0.6 is 0 Å². The van der Waals surface area contributed by atoms with E-state index >= 15 is 0 Å². The minimum absolute atomic E-state index is 0.321. The van der Waals surface area contributed by atoms with Crippen LogP contribution < -0.4 is 5.32 Å². The van der Waals surface area contributed by atoms with Crippen LogP contribution in [-0.4, -0.2) is 29.8 Å². The summed E-state index contributed by atoms with van der Waals surface area (Å²) in [5.74, 6) is -0.889. The molecule has 1 aliphatic carbocycles. The summed E-state index contributed by atoms with van der Waals surface area (Å²) in [4.78, 5) is 10.8. The Balaban J connectivity index is 1.70. The van der Waals surface area contributed by atoms with Gasteiger partial charge < -0.3 is 15.2 Å². The van der Waals surface area contributed by atoms with Gasteiger partial charge >= 0.3 is 5.97 Å². The van der Waals surface area contributed by atoms with Crippen molar-refractivity contribution in [2.45, 2.75) is 57.8 Å². The van der Waals surface area contributed by atoms with E-state index in [1.165, 1.54) is 19.3 Å². The highest BCUT2D eigenvalue weighted by atomic mass is 16.5. The van der Waals surface area contributed by atoms with E-state index in [1.807, 2.05) is 12.1 Å². The molecule has 1 aromatic rings. The molecule has 4 nitrogen and oxygen atoms in total. The van der Waals surface area contributed by atoms with Crippen LogP contribution in [0.3, 0.4) is 0 Å². The maximum atomic E-state index is 10.8. The average molecular weight is 291 g/mol. The molecule has 0 aromatic heterocycles. The van der Waals surface area contributed by atoms with Crippen LogP contribution in [0.4, 0.5) is 0 Å². The minimum Gasteiger partial charge on any atom is -0.478 e. The Morgan fingerprint density at radius 2 is 1.90 bits per heavy atom. The number of rotatable bonds is 7. The second-order valence-corrected chi connectivity index (χ2v) is 5.74. The summed E-state index contributed by atoms with van der Waals surface area (Å²) in [5.41, 5.74) is 1.35. The smallest absolute Gasteiger partial charge is 0.335 e. The van der Waals surface area contributed by atoms with Crippen molar-refractivity contribution in [1.82, 2.24) is 5.32 Å². The number of hydrogen-bond acceptors (Lipinski definition) is 3. The summed E-state index contributed by atoms with van der Waals surface area (Å²) in [6.45, 7) is 3.86. The SMILES string of the molecule is CCCNC1CCC(OCc2ccc(C(=O)O)cc2)CC1. The Morgan fingerprint density at radius 3 is 2.48 bits per heavy atom. The highest BCUT2D eigenvalue weighted by molar-refractivity contribution is 5.87. The lowest BCUT2D eigenvalue weighted by Crippen LogP contribution is -2.35. The molecule has 0 unspecified atom stereocenters. The minimum atomic E-state index is -0.889. The van der Waals surface area contributed by atoms with Crippen LogP contribution in [0.1, 0.15) is 54.9 Å². The van der Waals surface area contributed by atoms with Gasteiger partial charge in [0.2, 0.25) is 0 Å². The molecule has 21 heavy (non-hydrogen) atoms. The highest BCUT2D eigenvalue weighted by Gasteiger charge is 2.20. The summed E-state index contributed by atoms with van der Waals surface area (Å²) < 4.78 is 5.95. The number of carboxylic acid groups (broad SMARTS) is 1. The molecule has 116 valence electrons. The molecule has 0 spiro atoms. The number of carbonyl (C=O) groups is 1. The summed E-state index contributed by atoms with van der Waals surface area (Å²) in [6.07, 6.45) is 6.10. The van der Waals surface area contributed by atoms with Gasteiger partial charge in [-0.2, -0.15) is 0 Å². The molecule has 0 bridgehead atoms. The van der Waals surface area contributed by atoms with Crippen LogP contribution in [0.25, 0.3) is 0 Å². The summed E-state index contributed by atoms with van der Waals surface area (Å²) in [7, 11) is 0. The van der Waals surface area contributed by atoms with Crippen molar-refractivity contribution in [2.24, 2.45) is 0 Å². The van der Waals surface area contributed by atoms with Crippen LogP contribution in [0.15, 0.2) is 24.3 Å². The van der Waals surface area contributed by atoms with Crippen LogP contribution in [0.2, 0.25) is 0 Å². The second kappa shape index (κ2) is 8.15. The zero-order chi connectivity index (χ0) is 15.1. The van der Waals surface area contributed by atoms with E-state index in [0.717, 1.165) is 24.9 Å². The van der Waals surface area contributed by atoms with Crippen molar-refractivity contribution in [2.75, 3.05) is 6.54 Å². The van der Waals surface area contributed by atoms with Crippen molar-refractivity contribution in [3.05, 3.63) is 35.4 Å². The first-order valence-electron chi connectivity index (χ1n) is 7.86. The van der Waals surface area contributed by atoms with Gasteiger partial charge in [0.1, 0.15) is 0 Å². The zero-order valence-electron chi connectivity index (χ0n) is 12.7. The molecule has 2 N–H and O–H groups in total. The number of nitrogens with one attached hydrogen (secondary N) is 1. The first-order chi connectivity index (χ1) is 10.2. The number of aromatic carboxylic acids is 1. The van der Waals surface area contributed by atoms with Crippen molar-refractivity contribution >= 4 is 5.97 Å². The third-order valence-corrected chi connectivity index (χ3v) is 4.04. The second-order valence-electron chi connectivity index (χ2n) is 5.74. The topological polar surface area (TPSA) is 58.6 Å². The molecule has 1 saturated carbocycles. The Hall–Kier alpha value is -1.39. The Bertz CT molecular complexity index is 436. The monoisotopic (exact) mass is 291 g/mol. The first-order valence-corrected chi connectivity index (χ1v) is 7.86. The fourth-order valence-electron chi connectivity index (χ4n) is 2.74. The van der Waals surface area contributed by atoms with Crippen LogP contribution in [-0.2, 0) is 11.3 Å². The van der Waals surface area contributed by atoms with Gasteiger partial charge in [-0.05, 0) is 56.3 Å². The fourth-order valence-corrected chi connectivity index (χ4v) is 2.74. The molecule has 0 saturated heterocycles. The molecular formula is C17H25NO3. The van der Waals surface area contributed by atoms with Gasteiger partial charge in [0, 0.05) is 6.04 Å². The van der Waals surface area contributed by atoms with Gasteiger partial charge in [0.25, 0.3) is 0 Å². The lowest BCUT2D eigenvalue weighted by molar-refractivity contribution is 0.0113. The largest absolute Gasteiger partial charge is 0.478 e. The van der Waals surface area contributed by atoms with Crippen LogP contribution in [0, 0.1) is 0 Å². The maximum Gasteiger partial charge on any atom is 0.335 e. The number of ether oxygens (including phenoxy) is 1. The van der Waals surface area contributed by atoms with Crippen molar-refractivity contribution < 1.29 is 14.6 Å². The molecular weight excluding hydrogens is 266 g/mol. The van der Waals surface area contributed by atoms with E-state index in [2.05, 4.69) is 12.2 Å². The fraction of sp³-hybridized carbons (Fsp3) is 0.588. The highest BCUT2D eigenvalue weighted by Crippen LogP contribution is 2.22. The first kappa shape index (κ1) is 16.0. The molecule has 1 aliphatic rings. The van der Waals surface area contributed by atoms with Crippen molar-refractivity contribution in [3.8, 4) is 0 Å². The van der Waals surface area contributed by atoms with E-state index < -0.39 is 5.97 Å². The van der Waals surface area contributed by atoms with Gasteiger partial charge in [-0.25, -0.2) is 4.79 Å². The Labute approximate surface area is 126 Å². The van der Waals surface area contributed by atoms with E-state index in [-0.39, 0.29) is 0 Å². The molecule has 4 heteroatoms. The molecule has 0 heterocycles. The maximum absolute atomic E-state index is 10.8. The predicted octanol–water partition coefficient (Wildman–Crippen LogP) is 3.21.